The third kappa shape index (κ3) is 12.6. The first-order valence-corrected chi connectivity index (χ1v) is 13.5. The van der Waals surface area contributed by atoms with Crippen molar-refractivity contribution >= 4 is 41.4 Å². The summed E-state index contributed by atoms with van der Waals surface area (Å²) >= 11 is 1.43. The molecule has 4 unspecified atom stereocenters. The number of primary amides is 1. The number of nitrogens with one attached hydrogen (secondary N) is 3. The van der Waals surface area contributed by atoms with Gasteiger partial charge in [-0.2, -0.15) is 11.8 Å². The van der Waals surface area contributed by atoms with Crippen molar-refractivity contribution in [1.82, 2.24) is 16.0 Å². The van der Waals surface area contributed by atoms with Crippen molar-refractivity contribution in [2.24, 2.45) is 17.4 Å². The zero-order valence-corrected chi connectivity index (χ0v) is 22.4. The maximum Gasteiger partial charge on any atom is 0.326 e. The summed E-state index contributed by atoms with van der Waals surface area (Å²) in [4.78, 5) is 61.9. The van der Waals surface area contributed by atoms with Crippen LogP contribution in [-0.4, -0.2) is 70.9 Å². The Bertz CT molecular complexity index is 914. The molecule has 12 heteroatoms. The normalized spacial score (nSPS) is 14.2. The van der Waals surface area contributed by atoms with Crippen LogP contribution >= 0.6 is 11.8 Å². The molecule has 0 saturated carbocycles. The minimum absolute atomic E-state index is 0.127. The van der Waals surface area contributed by atoms with Crippen LogP contribution in [0.2, 0.25) is 0 Å². The number of amides is 4. The second kappa shape index (κ2) is 16.6. The number of carboxylic acid groups (broad SMARTS) is 1. The molecule has 0 aromatic heterocycles. The number of hydrogen-bond donors (Lipinski definition) is 6. The first kappa shape index (κ1) is 31.9. The van der Waals surface area contributed by atoms with Crippen LogP contribution in [0.3, 0.4) is 0 Å². The van der Waals surface area contributed by atoms with E-state index in [0.29, 0.717) is 12.2 Å². The molecule has 0 radical (unpaired) electrons. The van der Waals surface area contributed by atoms with Crippen LogP contribution in [0.4, 0.5) is 0 Å². The van der Waals surface area contributed by atoms with Crippen molar-refractivity contribution < 1.29 is 29.1 Å². The highest BCUT2D eigenvalue weighted by Gasteiger charge is 2.30. The van der Waals surface area contributed by atoms with E-state index in [4.69, 9.17) is 11.5 Å². The summed E-state index contributed by atoms with van der Waals surface area (Å²) in [5.41, 5.74) is 12.0. The molecule has 37 heavy (non-hydrogen) atoms. The van der Waals surface area contributed by atoms with Crippen LogP contribution in [0.15, 0.2) is 30.3 Å². The lowest BCUT2D eigenvalue weighted by Crippen LogP contribution is -2.57. The molecule has 0 aliphatic heterocycles. The van der Waals surface area contributed by atoms with Crippen LogP contribution in [0, 0.1) is 5.92 Å². The van der Waals surface area contributed by atoms with Crippen molar-refractivity contribution in [1.29, 1.82) is 0 Å². The van der Waals surface area contributed by atoms with E-state index in [2.05, 4.69) is 16.0 Å². The van der Waals surface area contributed by atoms with Crippen molar-refractivity contribution in [3.05, 3.63) is 35.9 Å². The minimum atomic E-state index is -1.24. The van der Waals surface area contributed by atoms with Gasteiger partial charge in [0.15, 0.2) is 0 Å². The fourth-order valence-electron chi connectivity index (χ4n) is 3.55. The molecular weight excluding hydrogens is 498 g/mol. The number of thioether (sulfide) groups is 1. The lowest BCUT2D eigenvalue weighted by Gasteiger charge is -2.25. The number of rotatable bonds is 17. The van der Waals surface area contributed by atoms with Crippen molar-refractivity contribution in [2.45, 2.75) is 70.1 Å². The Balaban J connectivity index is 3.11. The second-order valence-corrected chi connectivity index (χ2v) is 10.2. The molecule has 11 nitrogen and oxygen atoms in total. The molecule has 8 N–H and O–H groups in total. The summed E-state index contributed by atoms with van der Waals surface area (Å²) in [6.07, 6.45) is 2.19. The van der Waals surface area contributed by atoms with Gasteiger partial charge in [-0.1, -0.05) is 44.2 Å². The van der Waals surface area contributed by atoms with Gasteiger partial charge in [-0.25, -0.2) is 4.79 Å². The quantitative estimate of drug-likeness (QED) is 0.162. The first-order valence-electron chi connectivity index (χ1n) is 12.1. The number of carbonyl (C=O) groups excluding carboxylic acids is 4. The van der Waals surface area contributed by atoms with E-state index in [9.17, 15) is 29.1 Å². The molecule has 206 valence electrons. The van der Waals surface area contributed by atoms with Gasteiger partial charge in [-0.05, 0) is 42.8 Å². The van der Waals surface area contributed by atoms with Gasteiger partial charge in [0.25, 0.3) is 0 Å². The molecule has 0 spiro atoms. The molecule has 1 aromatic rings. The predicted octanol–water partition coefficient (Wildman–Crippen LogP) is 0.160. The van der Waals surface area contributed by atoms with Crippen LogP contribution in [-0.2, 0) is 30.4 Å². The van der Waals surface area contributed by atoms with E-state index >= 15 is 0 Å². The third-order valence-electron chi connectivity index (χ3n) is 5.52. The number of carboxylic acids is 1. The summed E-state index contributed by atoms with van der Waals surface area (Å²) in [7, 11) is 0. The van der Waals surface area contributed by atoms with E-state index in [1.165, 1.54) is 11.8 Å². The fraction of sp³-hybridized carbons (Fsp3) is 0.560. The van der Waals surface area contributed by atoms with Gasteiger partial charge in [0.05, 0.1) is 6.04 Å². The van der Waals surface area contributed by atoms with Gasteiger partial charge < -0.3 is 32.5 Å². The van der Waals surface area contributed by atoms with Gasteiger partial charge in [-0.3, -0.25) is 19.2 Å². The van der Waals surface area contributed by atoms with E-state index < -0.39 is 53.8 Å². The zero-order chi connectivity index (χ0) is 28.0. The Morgan fingerprint density at radius 1 is 0.892 bits per heavy atom. The summed E-state index contributed by atoms with van der Waals surface area (Å²) < 4.78 is 0. The number of benzene rings is 1. The number of hydrogen-bond acceptors (Lipinski definition) is 7. The lowest BCUT2D eigenvalue weighted by molar-refractivity contribution is -0.142. The summed E-state index contributed by atoms with van der Waals surface area (Å²) in [5, 5.41) is 17.1. The van der Waals surface area contributed by atoms with Crippen LogP contribution in [0.1, 0.15) is 45.1 Å². The van der Waals surface area contributed by atoms with Crippen LogP contribution in [0.25, 0.3) is 0 Å². The average Bonchev–Trinajstić information content (AvgIpc) is 2.83. The van der Waals surface area contributed by atoms with Gasteiger partial charge in [0.2, 0.25) is 23.6 Å². The zero-order valence-electron chi connectivity index (χ0n) is 21.6. The summed E-state index contributed by atoms with van der Waals surface area (Å²) in [6.45, 7) is 3.85. The predicted molar refractivity (Wildman–Crippen MR) is 142 cm³/mol. The molecule has 0 saturated heterocycles. The molecule has 0 fully saturated rings. The molecule has 0 bridgehead atoms. The molecule has 0 heterocycles. The summed E-state index contributed by atoms with van der Waals surface area (Å²) in [5.74, 6) is -3.17. The van der Waals surface area contributed by atoms with E-state index in [0.717, 1.165) is 5.56 Å². The fourth-order valence-corrected chi connectivity index (χ4v) is 4.02. The largest absolute Gasteiger partial charge is 0.480 e. The second-order valence-electron chi connectivity index (χ2n) is 9.23. The standard InChI is InChI=1S/C25H39N5O6S/c1-15(2)13-17(26)22(32)30-20(14-16-7-5-4-6-8-16)24(34)28-18(9-10-21(27)31)23(33)29-19(25(35)36)11-12-37-3/h4-8,15,17-20H,9-14,26H2,1-3H3,(H2,27,31)(H,28,34)(H,29,33)(H,30,32)(H,35,36). The SMILES string of the molecule is CSCCC(NC(=O)C(CCC(N)=O)NC(=O)C(Cc1ccccc1)NC(=O)C(N)CC(C)C)C(=O)O. The van der Waals surface area contributed by atoms with E-state index in [-0.39, 0.29) is 31.6 Å². The summed E-state index contributed by atoms with van der Waals surface area (Å²) in [6, 6.07) is 4.69. The van der Waals surface area contributed by atoms with Crippen molar-refractivity contribution in [2.75, 3.05) is 12.0 Å². The first-order chi connectivity index (χ1) is 17.4. The molecule has 1 aromatic carbocycles. The topological polar surface area (TPSA) is 194 Å². The van der Waals surface area contributed by atoms with Gasteiger partial charge >= 0.3 is 5.97 Å². The molecule has 0 aliphatic rings. The maximum absolute atomic E-state index is 13.3. The maximum atomic E-state index is 13.3. The van der Waals surface area contributed by atoms with E-state index in [1.54, 1.807) is 24.3 Å². The molecule has 0 aliphatic carbocycles. The van der Waals surface area contributed by atoms with Crippen molar-refractivity contribution in [3.8, 4) is 0 Å². The van der Waals surface area contributed by atoms with Crippen molar-refractivity contribution in [3.63, 3.8) is 0 Å². The number of aliphatic carboxylic acids is 1. The van der Waals surface area contributed by atoms with Gasteiger partial charge in [0.1, 0.15) is 18.1 Å². The number of carbonyl (C=O) groups is 5. The number of nitrogens with two attached hydrogens (primary N) is 2. The highest BCUT2D eigenvalue weighted by molar-refractivity contribution is 7.98. The Labute approximate surface area is 221 Å². The third-order valence-corrected chi connectivity index (χ3v) is 6.16. The monoisotopic (exact) mass is 537 g/mol. The smallest absolute Gasteiger partial charge is 0.326 e. The molecule has 1 rings (SSSR count). The lowest BCUT2D eigenvalue weighted by atomic mass is 10.0. The molecule has 4 atom stereocenters. The van der Waals surface area contributed by atoms with Crippen LogP contribution < -0.4 is 27.4 Å². The van der Waals surface area contributed by atoms with Crippen LogP contribution in [0.5, 0.6) is 0 Å². The van der Waals surface area contributed by atoms with E-state index in [1.807, 2.05) is 26.2 Å². The molecular formula is C25H39N5O6S. The highest BCUT2D eigenvalue weighted by Crippen LogP contribution is 2.09. The Morgan fingerprint density at radius 3 is 2.00 bits per heavy atom. The molecule has 4 amide bonds. The van der Waals surface area contributed by atoms with Gasteiger partial charge in [-0.15, -0.1) is 0 Å². The highest BCUT2D eigenvalue weighted by atomic mass is 32.2. The van der Waals surface area contributed by atoms with Gasteiger partial charge in [0, 0.05) is 12.8 Å². The Kier molecular flexibility index (Phi) is 14.3. The minimum Gasteiger partial charge on any atom is -0.480 e. The Hall–Kier alpha value is -3.12. The average molecular weight is 538 g/mol. The Morgan fingerprint density at radius 2 is 1.46 bits per heavy atom.